The Kier molecular flexibility index (Phi) is 4.07. The summed E-state index contributed by atoms with van der Waals surface area (Å²) >= 11 is 0. The van der Waals surface area contributed by atoms with E-state index in [0.717, 1.165) is 11.4 Å². The lowest BCUT2D eigenvalue weighted by molar-refractivity contribution is 0.197. The predicted octanol–water partition coefficient (Wildman–Crippen LogP) is 0.730. The summed E-state index contributed by atoms with van der Waals surface area (Å²) in [7, 11) is -1.66. The largest absolute Gasteiger partial charge is 0.489 e. The number of ether oxygens (including phenoxy) is 1. The van der Waals surface area contributed by atoms with Gasteiger partial charge < -0.3 is 4.74 Å². The second kappa shape index (κ2) is 4.89. The Labute approximate surface area is 108 Å². The van der Waals surface area contributed by atoms with Crippen molar-refractivity contribution in [2.75, 3.05) is 12.4 Å². The molecule has 0 saturated heterocycles. The molecule has 0 amide bonds. The fraction of sp³-hybridized carbons (Fsp3) is 0.727. The van der Waals surface area contributed by atoms with Crippen LogP contribution in [-0.2, 0) is 17.1 Å². The van der Waals surface area contributed by atoms with Crippen molar-refractivity contribution in [3.63, 3.8) is 0 Å². The van der Waals surface area contributed by atoms with Crippen LogP contribution in [0.15, 0.2) is 0 Å². The highest BCUT2D eigenvalue weighted by Crippen LogP contribution is 2.25. The lowest BCUT2D eigenvalue weighted by Gasteiger charge is -2.23. The zero-order valence-electron chi connectivity index (χ0n) is 11.5. The van der Waals surface area contributed by atoms with E-state index < -0.39 is 15.4 Å². The number of nitrogens with zero attached hydrogens (tertiary/aromatic N) is 2. The van der Waals surface area contributed by atoms with Gasteiger partial charge >= 0.3 is 0 Å². The maximum Gasteiger partial charge on any atom is 0.209 e. The number of rotatable bonds is 5. The minimum Gasteiger partial charge on any atom is -0.489 e. The highest BCUT2D eigenvalue weighted by Gasteiger charge is 2.26. The second-order valence-electron chi connectivity index (χ2n) is 5.38. The Balaban J connectivity index is 2.76. The number of hydrogen-bond donors (Lipinski definition) is 1. The third-order valence-electron chi connectivity index (χ3n) is 2.64. The first kappa shape index (κ1) is 15.0. The normalized spacial score (nSPS) is 12.8. The number of sulfonamides is 1. The van der Waals surface area contributed by atoms with E-state index in [9.17, 15) is 8.42 Å². The molecule has 0 unspecified atom stereocenters. The number of aromatic nitrogens is 2. The summed E-state index contributed by atoms with van der Waals surface area (Å²) in [6.45, 7) is 7.64. The lowest BCUT2D eigenvalue weighted by Crippen LogP contribution is -2.33. The van der Waals surface area contributed by atoms with E-state index in [-0.39, 0.29) is 12.4 Å². The molecule has 2 N–H and O–H groups in total. The molecular formula is C11H21N3O3S. The second-order valence-corrected chi connectivity index (χ2v) is 7.00. The molecule has 0 saturated carbocycles. The van der Waals surface area contributed by atoms with E-state index in [2.05, 4.69) is 5.10 Å². The first-order valence-electron chi connectivity index (χ1n) is 5.65. The van der Waals surface area contributed by atoms with Crippen molar-refractivity contribution in [1.82, 2.24) is 9.78 Å². The minimum absolute atomic E-state index is 0.113. The Morgan fingerprint density at radius 1 is 1.39 bits per heavy atom. The van der Waals surface area contributed by atoms with Crippen LogP contribution in [0.2, 0.25) is 0 Å². The monoisotopic (exact) mass is 275 g/mol. The van der Waals surface area contributed by atoms with E-state index in [4.69, 9.17) is 9.88 Å². The van der Waals surface area contributed by atoms with E-state index in [1.807, 2.05) is 20.9 Å². The molecule has 6 nitrogen and oxygen atoms in total. The lowest BCUT2D eigenvalue weighted by atomic mass is 9.98. The smallest absolute Gasteiger partial charge is 0.209 e. The summed E-state index contributed by atoms with van der Waals surface area (Å²) in [5.74, 6) is 0.596. The summed E-state index contributed by atoms with van der Waals surface area (Å²) in [6, 6.07) is 0. The van der Waals surface area contributed by atoms with E-state index in [0.29, 0.717) is 5.75 Å². The number of hydrogen-bond acceptors (Lipinski definition) is 4. The Hall–Kier alpha value is -1.08. The van der Waals surface area contributed by atoms with Gasteiger partial charge in [0.25, 0.3) is 0 Å². The molecule has 1 aromatic heterocycles. The van der Waals surface area contributed by atoms with Gasteiger partial charge in [0.2, 0.25) is 10.0 Å². The molecule has 18 heavy (non-hydrogen) atoms. The first-order chi connectivity index (χ1) is 8.02. The van der Waals surface area contributed by atoms with Crippen molar-refractivity contribution >= 4 is 10.0 Å². The summed E-state index contributed by atoms with van der Waals surface area (Å²) < 4.78 is 29.6. The number of nitrogens with two attached hydrogens (primary N) is 1. The van der Waals surface area contributed by atoms with Gasteiger partial charge in [-0.3, -0.25) is 4.68 Å². The average Bonchev–Trinajstić information content (AvgIpc) is 2.35. The predicted molar refractivity (Wildman–Crippen MR) is 69.9 cm³/mol. The number of aryl methyl sites for hydroxylation is 2. The third-order valence-corrected chi connectivity index (χ3v) is 3.83. The van der Waals surface area contributed by atoms with Gasteiger partial charge in [0, 0.05) is 12.5 Å². The van der Waals surface area contributed by atoms with Crippen LogP contribution in [0.5, 0.6) is 5.75 Å². The molecule has 104 valence electrons. The molecule has 0 aliphatic rings. The van der Waals surface area contributed by atoms with Gasteiger partial charge in [-0.2, -0.15) is 5.10 Å². The molecule has 0 atom stereocenters. The maximum absolute atomic E-state index is 11.1. The number of primary sulfonamides is 1. The maximum atomic E-state index is 11.1. The Bertz CT molecular complexity index is 532. The molecule has 7 heteroatoms. The highest BCUT2D eigenvalue weighted by molar-refractivity contribution is 7.89. The molecule has 0 spiro atoms. The van der Waals surface area contributed by atoms with Crippen LogP contribution in [-0.4, -0.2) is 30.6 Å². The fourth-order valence-corrected chi connectivity index (χ4v) is 2.99. The minimum atomic E-state index is -3.50. The van der Waals surface area contributed by atoms with E-state index in [1.54, 1.807) is 18.5 Å². The van der Waals surface area contributed by atoms with E-state index >= 15 is 0 Å². The van der Waals surface area contributed by atoms with Gasteiger partial charge in [0.1, 0.15) is 5.69 Å². The van der Waals surface area contributed by atoms with Crippen LogP contribution < -0.4 is 9.88 Å². The first-order valence-corrected chi connectivity index (χ1v) is 7.37. The molecule has 1 heterocycles. The van der Waals surface area contributed by atoms with E-state index in [1.165, 1.54) is 0 Å². The van der Waals surface area contributed by atoms with Gasteiger partial charge in [-0.05, 0) is 13.8 Å². The van der Waals surface area contributed by atoms with Gasteiger partial charge in [-0.25, -0.2) is 13.6 Å². The topological polar surface area (TPSA) is 87.2 Å². The van der Waals surface area contributed by atoms with Crippen LogP contribution in [0.4, 0.5) is 0 Å². The van der Waals surface area contributed by atoms with Crippen LogP contribution in [0, 0.1) is 19.3 Å². The molecule has 0 fully saturated rings. The van der Waals surface area contributed by atoms with Crippen molar-refractivity contribution in [2.45, 2.75) is 27.7 Å². The quantitative estimate of drug-likeness (QED) is 0.858. The highest BCUT2D eigenvalue weighted by atomic mass is 32.2. The molecular weight excluding hydrogens is 254 g/mol. The van der Waals surface area contributed by atoms with Gasteiger partial charge in [0.15, 0.2) is 5.75 Å². The molecule has 1 aromatic rings. The van der Waals surface area contributed by atoms with Crippen LogP contribution in [0.25, 0.3) is 0 Å². The molecule has 0 radical (unpaired) electrons. The summed E-state index contributed by atoms with van der Waals surface area (Å²) in [5, 5.41) is 9.29. The summed E-state index contributed by atoms with van der Waals surface area (Å²) in [4.78, 5) is 0. The molecule has 0 aromatic carbocycles. The van der Waals surface area contributed by atoms with Crippen LogP contribution in [0.1, 0.15) is 25.2 Å². The SMILES string of the molecule is Cc1nn(C)c(C)c1OCC(C)(C)CS(N)(=O)=O. The standard InChI is InChI=1S/C11H21N3O3S/c1-8-10(9(2)14(5)13-8)17-6-11(3,4)7-18(12,15)16/h6-7H2,1-5H3,(H2,12,15,16). The third kappa shape index (κ3) is 3.99. The van der Waals surface area contributed by atoms with Gasteiger partial charge in [0.05, 0.1) is 18.1 Å². The average molecular weight is 275 g/mol. The van der Waals surface area contributed by atoms with Gasteiger partial charge in [-0.1, -0.05) is 13.8 Å². The van der Waals surface area contributed by atoms with Gasteiger partial charge in [-0.15, -0.1) is 0 Å². The summed E-state index contributed by atoms with van der Waals surface area (Å²) in [6.07, 6.45) is 0. The molecule has 0 bridgehead atoms. The van der Waals surface area contributed by atoms with Crippen LogP contribution >= 0.6 is 0 Å². The van der Waals surface area contributed by atoms with Crippen LogP contribution in [0.3, 0.4) is 0 Å². The zero-order chi connectivity index (χ0) is 14.1. The molecule has 0 aliphatic heterocycles. The zero-order valence-corrected chi connectivity index (χ0v) is 12.3. The molecule has 1 rings (SSSR count). The van der Waals surface area contributed by atoms with Crippen molar-refractivity contribution in [2.24, 2.45) is 17.6 Å². The molecule has 0 aliphatic carbocycles. The van der Waals surface area contributed by atoms with Crippen molar-refractivity contribution < 1.29 is 13.2 Å². The Morgan fingerprint density at radius 3 is 2.33 bits per heavy atom. The fourth-order valence-electron chi connectivity index (χ4n) is 1.82. The Morgan fingerprint density at radius 2 is 1.94 bits per heavy atom. The van der Waals surface area contributed by atoms with Crippen molar-refractivity contribution in [1.29, 1.82) is 0 Å². The van der Waals surface area contributed by atoms with Crippen molar-refractivity contribution in [3.8, 4) is 5.75 Å². The summed E-state index contributed by atoms with van der Waals surface area (Å²) in [5.41, 5.74) is 1.17. The van der Waals surface area contributed by atoms with Crippen molar-refractivity contribution in [3.05, 3.63) is 11.4 Å².